The molecule has 0 heterocycles. The highest BCUT2D eigenvalue weighted by Gasteiger charge is 1.97. The minimum atomic E-state index is -0.633. The first-order chi connectivity index (χ1) is 3.31. The van der Waals surface area contributed by atoms with Crippen molar-refractivity contribution < 1.29 is 9.84 Å². The first-order valence-electron chi connectivity index (χ1n) is 1.87. The SMILES string of the molecule is [CH]OCC(O)CCl. The molecule has 0 aliphatic carbocycles. The summed E-state index contributed by atoms with van der Waals surface area (Å²) in [6, 6.07) is 0. The van der Waals surface area contributed by atoms with E-state index in [4.69, 9.17) is 16.7 Å². The predicted molar refractivity (Wildman–Crippen MR) is 27.0 cm³/mol. The average Bonchev–Trinajstić information content (AvgIpc) is 1.68. The molecule has 1 atom stereocenters. The molecule has 42 valence electrons. The molecule has 0 saturated heterocycles. The molecular weight excluding hydrogens is 115 g/mol. The van der Waals surface area contributed by atoms with Crippen LogP contribution in [-0.4, -0.2) is 23.7 Å². The Balaban J connectivity index is 2.83. The van der Waals surface area contributed by atoms with E-state index < -0.39 is 6.10 Å². The number of aliphatic hydroxyl groups is 1. The Bertz CT molecular complexity index is 40.7. The second-order valence-electron chi connectivity index (χ2n) is 1.14. The third-order valence-corrected chi connectivity index (χ3v) is 0.823. The highest BCUT2D eigenvalue weighted by Crippen LogP contribution is 1.86. The zero-order valence-electron chi connectivity index (χ0n) is 3.80. The van der Waals surface area contributed by atoms with Crippen LogP contribution in [0.3, 0.4) is 0 Å². The van der Waals surface area contributed by atoms with Gasteiger partial charge in [-0.25, -0.2) is 0 Å². The van der Waals surface area contributed by atoms with Gasteiger partial charge in [-0.05, 0) is 0 Å². The van der Waals surface area contributed by atoms with Gasteiger partial charge < -0.3 is 9.84 Å². The van der Waals surface area contributed by atoms with Crippen LogP contribution < -0.4 is 0 Å². The second-order valence-corrected chi connectivity index (χ2v) is 1.45. The molecule has 0 amide bonds. The first kappa shape index (κ1) is 7.21. The van der Waals surface area contributed by atoms with E-state index in [0.717, 1.165) is 0 Å². The quantitative estimate of drug-likeness (QED) is 0.545. The number of halogens is 1. The number of alkyl halides is 1. The van der Waals surface area contributed by atoms with Crippen molar-refractivity contribution in [3.05, 3.63) is 7.11 Å². The smallest absolute Gasteiger partial charge is 0.115 e. The Morgan fingerprint density at radius 2 is 2.43 bits per heavy atom. The van der Waals surface area contributed by atoms with Crippen LogP contribution in [0.2, 0.25) is 0 Å². The van der Waals surface area contributed by atoms with Gasteiger partial charge in [0.15, 0.2) is 0 Å². The number of rotatable bonds is 3. The molecular formula is C4H7ClO2. The number of hydrogen-bond acceptors (Lipinski definition) is 2. The zero-order chi connectivity index (χ0) is 5.70. The van der Waals surface area contributed by atoms with Gasteiger partial charge in [0.1, 0.15) is 7.11 Å². The Morgan fingerprint density at radius 3 is 2.57 bits per heavy atom. The monoisotopic (exact) mass is 122 g/mol. The van der Waals surface area contributed by atoms with Gasteiger partial charge in [0.25, 0.3) is 0 Å². The molecule has 0 bridgehead atoms. The minimum Gasteiger partial charge on any atom is -0.389 e. The normalized spacial score (nSPS) is 14.1. The topological polar surface area (TPSA) is 29.5 Å². The predicted octanol–water partition coefficient (Wildman–Crippen LogP) is 0.271. The molecule has 0 rings (SSSR count). The van der Waals surface area contributed by atoms with Gasteiger partial charge in [-0.2, -0.15) is 0 Å². The average molecular weight is 123 g/mol. The van der Waals surface area contributed by atoms with Crippen molar-refractivity contribution in [1.29, 1.82) is 0 Å². The van der Waals surface area contributed by atoms with Gasteiger partial charge in [0, 0.05) is 0 Å². The van der Waals surface area contributed by atoms with E-state index in [1.165, 1.54) is 0 Å². The molecule has 2 nitrogen and oxygen atoms in total. The number of ether oxygens (including phenoxy) is 1. The Kier molecular flexibility index (Phi) is 4.50. The van der Waals surface area contributed by atoms with Crippen LogP contribution in [-0.2, 0) is 4.74 Å². The van der Waals surface area contributed by atoms with Crippen molar-refractivity contribution in [3.8, 4) is 0 Å². The summed E-state index contributed by atoms with van der Waals surface area (Å²) < 4.78 is 4.06. The minimum absolute atomic E-state index is 0.101. The molecule has 0 aliphatic rings. The highest BCUT2D eigenvalue weighted by atomic mass is 35.5. The van der Waals surface area contributed by atoms with E-state index in [-0.39, 0.29) is 12.5 Å². The lowest BCUT2D eigenvalue weighted by Gasteiger charge is -2.00. The van der Waals surface area contributed by atoms with E-state index in [2.05, 4.69) is 11.8 Å². The fourth-order valence-corrected chi connectivity index (χ4v) is 0.245. The Labute approximate surface area is 48.0 Å². The maximum Gasteiger partial charge on any atom is 0.115 e. The molecule has 1 N–H and O–H groups in total. The zero-order valence-corrected chi connectivity index (χ0v) is 4.56. The molecule has 0 aromatic carbocycles. The van der Waals surface area contributed by atoms with Crippen LogP contribution in [0.5, 0.6) is 0 Å². The van der Waals surface area contributed by atoms with E-state index in [9.17, 15) is 0 Å². The molecule has 7 heavy (non-hydrogen) atoms. The molecule has 3 heteroatoms. The fraction of sp³-hybridized carbons (Fsp3) is 0.750. The van der Waals surface area contributed by atoms with Crippen LogP contribution in [0.15, 0.2) is 0 Å². The van der Waals surface area contributed by atoms with E-state index in [1.807, 2.05) is 0 Å². The van der Waals surface area contributed by atoms with Crippen molar-refractivity contribution >= 4 is 11.6 Å². The van der Waals surface area contributed by atoms with E-state index in [0.29, 0.717) is 0 Å². The van der Waals surface area contributed by atoms with Gasteiger partial charge in [-0.1, -0.05) is 0 Å². The van der Waals surface area contributed by atoms with Gasteiger partial charge in [-0.3, -0.25) is 0 Å². The maximum atomic E-state index is 8.52. The standard InChI is InChI=1S/C4H7ClO2/c1-7-3-4(6)2-5/h1,4,6H,2-3H2. The summed E-state index contributed by atoms with van der Waals surface area (Å²) in [7, 11) is 4.59. The first-order valence-corrected chi connectivity index (χ1v) is 2.40. The van der Waals surface area contributed by atoms with Crippen molar-refractivity contribution in [1.82, 2.24) is 0 Å². The lowest BCUT2D eigenvalue weighted by atomic mass is 10.4. The van der Waals surface area contributed by atoms with Gasteiger partial charge >= 0.3 is 0 Å². The van der Waals surface area contributed by atoms with E-state index in [1.54, 1.807) is 0 Å². The summed E-state index contributed by atoms with van der Waals surface area (Å²) in [5.74, 6) is 0.164. The van der Waals surface area contributed by atoms with Gasteiger partial charge in [-0.15, -0.1) is 11.6 Å². The molecule has 0 aromatic heterocycles. The molecule has 0 spiro atoms. The van der Waals surface area contributed by atoms with Crippen molar-refractivity contribution in [2.45, 2.75) is 6.10 Å². The number of hydrogen-bond donors (Lipinski definition) is 1. The van der Waals surface area contributed by atoms with Crippen LogP contribution >= 0.6 is 11.6 Å². The molecule has 0 saturated carbocycles. The summed E-state index contributed by atoms with van der Waals surface area (Å²) in [5.41, 5.74) is 0. The largest absolute Gasteiger partial charge is 0.389 e. The van der Waals surface area contributed by atoms with Crippen molar-refractivity contribution in [3.63, 3.8) is 0 Å². The molecule has 1 unspecified atom stereocenters. The van der Waals surface area contributed by atoms with Crippen molar-refractivity contribution in [2.24, 2.45) is 0 Å². The summed E-state index contributed by atoms with van der Waals surface area (Å²) in [4.78, 5) is 0. The Hall–Kier alpha value is 0.210. The lowest BCUT2D eigenvalue weighted by Crippen LogP contribution is -2.14. The summed E-state index contributed by atoms with van der Waals surface area (Å²) in [5, 5.41) is 8.52. The van der Waals surface area contributed by atoms with Gasteiger partial charge in [0.05, 0.1) is 18.6 Å². The second kappa shape index (κ2) is 4.37. The molecule has 0 fully saturated rings. The summed E-state index contributed by atoms with van der Waals surface area (Å²) >= 11 is 5.15. The van der Waals surface area contributed by atoms with Gasteiger partial charge in [0.2, 0.25) is 0 Å². The Morgan fingerprint density at radius 1 is 1.86 bits per heavy atom. The molecule has 0 aliphatic heterocycles. The third kappa shape index (κ3) is 4.05. The van der Waals surface area contributed by atoms with Crippen LogP contribution in [0.4, 0.5) is 0 Å². The van der Waals surface area contributed by atoms with Crippen LogP contribution in [0.25, 0.3) is 0 Å². The van der Waals surface area contributed by atoms with E-state index >= 15 is 0 Å². The van der Waals surface area contributed by atoms with Crippen molar-refractivity contribution in [2.75, 3.05) is 12.5 Å². The molecule has 0 aromatic rings. The number of aliphatic hydroxyl groups excluding tert-OH is 1. The summed E-state index contributed by atoms with van der Waals surface area (Å²) in [6.07, 6.45) is -0.633. The fourth-order valence-electron chi connectivity index (χ4n) is 0.156. The van der Waals surface area contributed by atoms with Crippen LogP contribution in [0, 0.1) is 7.11 Å². The van der Waals surface area contributed by atoms with Crippen LogP contribution in [0.1, 0.15) is 0 Å². The highest BCUT2D eigenvalue weighted by molar-refractivity contribution is 6.18. The molecule has 2 radical (unpaired) electrons. The maximum absolute atomic E-state index is 8.52. The summed E-state index contributed by atoms with van der Waals surface area (Å²) in [6.45, 7) is 0.101. The lowest BCUT2D eigenvalue weighted by molar-refractivity contribution is 0.0969. The third-order valence-electron chi connectivity index (χ3n) is 0.467.